The fourth-order valence-corrected chi connectivity index (χ4v) is 1.84. The lowest BCUT2D eigenvalue weighted by molar-refractivity contribution is -0.120. The summed E-state index contributed by atoms with van der Waals surface area (Å²) in [6.45, 7) is 0.262. The van der Waals surface area contributed by atoms with Crippen molar-refractivity contribution >= 4 is 17.9 Å². The topological polar surface area (TPSA) is 55.4 Å². The molecule has 0 aliphatic rings. The number of ketones is 1. The Hall–Kier alpha value is -2.69. The molecule has 0 fully saturated rings. The maximum Gasteiger partial charge on any atom is 0.298 e. The second-order valence-electron chi connectivity index (χ2n) is 3.98. The third kappa shape index (κ3) is 2.66. The largest absolute Gasteiger partial charge is 0.426 e. The summed E-state index contributed by atoms with van der Waals surface area (Å²) in [5.41, 5.74) is 1.07. The van der Waals surface area contributed by atoms with Gasteiger partial charge in [-0.05, 0) is 36.4 Å². The summed E-state index contributed by atoms with van der Waals surface area (Å²) in [7, 11) is 1.65. The van der Waals surface area contributed by atoms with Crippen LogP contribution in [0, 0.1) is 5.82 Å². The fraction of sp³-hybridized carbons (Fsp3) is 0.0667. The smallest absolute Gasteiger partial charge is 0.298 e. The second kappa shape index (κ2) is 5.97. The van der Waals surface area contributed by atoms with Crippen molar-refractivity contribution in [2.45, 2.75) is 0 Å². The monoisotopic (exact) mass is 273 g/mol. The van der Waals surface area contributed by atoms with Crippen molar-refractivity contribution in [2.24, 2.45) is 0 Å². The van der Waals surface area contributed by atoms with E-state index in [9.17, 15) is 14.0 Å². The van der Waals surface area contributed by atoms with Gasteiger partial charge < -0.3 is 10.1 Å². The number of carbonyl (C=O) groups is 2. The van der Waals surface area contributed by atoms with Crippen LogP contribution in [-0.4, -0.2) is 19.3 Å². The highest BCUT2D eigenvalue weighted by molar-refractivity contribution is 6.11. The van der Waals surface area contributed by atoms with E-state index in [-0.39, 0.29) is 23.6 Å². The molecule has 0 spiro atoms. The van der Waals surface area contributed by atoms with Crippen LogP contribution in [0.25, 0.3) is 0 Å². The summed E-state index contributed by atoms with van der Waals surface area (Å²) in [6, 6.07) is 10.1. The normalized spacial score (nSPS) is 9.90. The Bertz CT molecular complexity index is 638. The number of hydrogen-bond donors (Lipinski definition) is 1. The van der Waals surface area contributed by atoms with E-state index in [1.165, 1.54) is 24.3 Å². The lowest BCUT2D eigenvalue weighted by Gasteiger charge is -2.11. The first-order valence-electron chi connectivity index (χ1n) is 5.88. The molecule has 0 saturated carbocycles. The van der Waals surface area contributed by atoms with Gasteiger partial charge in [0.15, 0.2) is 11.5 Å². The molecule has 0 unspecified atom stereocenters. The molecule has 0 aliphatic heterocycles. The van der Waals surface area contributed by atoms with Gasteiger partial charge in [-0.1, -0.05) is 6.07 Å². The predicted molar refractivity (Wildman–Crippen MR) is 72.5 cm³/mol. The lowest BCUT2D eigenvalue weighted by atomic mass is 10.0. The molecule has 0 atom stereocenters. The number of anilines is 1. The van der Waals surface area contributed by atoms with Gasteiger partial charge in [-0.15, -0.1) is 0 Å². The molecule has 20 heavy (non-hydrogen) atoms. The van der Waals surface area contributed by atoms with Crippen molar-refractivity contribution in [3.8, 4) is 5.75 Å². The highest BCUT2D eigenvalue weighted by atomic mass is 19.1. The Morgan fingerprint density at radius 3 is 2.50 bits per heavy atom. The van der Waals surface area contributed by atoms with Gasteiger partial charge in [0.1, 0.15) is 5.82 Å². The third-order valence-corrected chi connectivity index (χ3v) is 2.80. The van der Waals surface area contributed by atoms with Crippen molar-refractivity contribution in [3.63, 3.8) is 0 Å². The van der Waals surface area contributed by atoms with Crippen LogP contribution in [0.2, 0.25) is 0 Å². The van der Waals surface area contributed by atoms with Gasteiger partial charge in [-0.25, -0.2) is 4.39 Å². The maximum atomic E-state index is 12.9. The number of carbonyl (C=O) groups excluding carboxylic acids is 2. The summed E-state index contributed by atoms with van der Waals surface area (Å²) >= 11 is 0. The molecule has 1 N–H and O–H groups in total. The van der Waals surface area contributed by atoms with E-state index in [2.05, 4.69) is 5.32 Å². The molecule has 102 valence electrons. The van der Waals surface area contributed by atoms with Crippen LogP contribution in [0.3, 0.4) is 0 Å². The minimum Gasteiger partial charge on any atom is -0.426 e. The van der Waals surface area contributed by atoms with Gasteiger partial charge in [0.25, 0.3) is 6.47 Å². The standard InChI is InChI=1S/C15H12FNO3/c1-17-13-4-2-3-12(15(13)20-9-18)14(19)10-5-7-11(16)8-6-10/h2-9,17H,1H3. The number of benzene rings is 2. The Morgan fingerprint density at radius 1 is 1.20 bits per heavy atom. The van der Waals surface area contributed by atoms with Gasteiger partial charge in [0.2, 0.25) is 0 Å². The average Bonchev–Trinajstić information content (AvgIpc) is 2.48. The first-order valence-corrected chi connectivity index (χ1v) is 5.88. The van der Waals surface area contributed by atoms with E-state index in [4.69, 9.17) is 4.74 Å². The molecule has 0 bridgehead atoms. The summed E-state index contributed by atoms with van der Waals surface area (Å²) in [5.74, 6) is -0.617. The van der Waals surface area contributed by atoms with Crippen molar-refractivity contribution in [1.29, 1.82) is 0 Å². The molecule has 2 aromatic carbocycles. The number of halogens is 1. The van der Waals surface area contributed by atoms with Crippen LogP contribution in [0.4, 0.5) is 10.1 Å². The molecule has 0 aromatic heterocycles. The minimum atomic E-state index is -0.421. The highest BCUT2D eigenvalue weighted by Gasteiger charge is 2.17. The number of para-hydroxylation sites is 1. The first kappa shape index (κ1) is 13.7. The summed E-state index contributed by atoms with van der Waals surface area (Å²) in [6.07, 6.45) is 0. The van der Waals surface area contributed by atoms with Gasteiger partial charge in [-0.3, -0.25) is 9.59 Å². The zero-order chi connectivity index (χ0) is 14.5. The summed E-state index contributed by atoms with van der Waals surface area (Å²) in [4.78, 5) is 23.0. The molecule has 2 rings (SSSR count). The van der Waals surface area contributed by atoms with Crippen molar-refractivity contribution in [1.82, 2.24) is 0 Å². The number of ether oxygens (including phenoxy) is 1. The molecule has 4 nitrogen and oxygen atoms in total. The fourth-order valence-electron chi connectivity index (χ4n) is 1.84. The van der Waals surface area contributed by atoms with Crippen LogP contribution in [0.15, 0.2) is 42.5 Å². The number of hydrogen-bond acceptors (Lipinski definition) is 4. The third-order valence-electron chi connectivity index (χ3n) is 2.80. The quantitative estimate of drug-likeness (QED) is 0.672. The van der Waals surface area contributed by atoms with Gasteiger partial charge in [0, 0.05) is 12.6 Å². The van der Waals surface area contributed by atoms with Crippen LogP contribution < -0.4 is 10.1 Å². The molecular weight excluding hydrogens is 261 g/mol. The molecule has 0 radical (unpaired) electrons. The Morgan fingerprint density at radius 2 is 1.90 bits per heavy atom. The molecule has 0 amide bonds. The zero-order valence-corrected chi connectivity index (χ0v) is 10.7. The summed E-state index contributed by atoms with van der Waals surface area (Å²) < 4.78 is 17.8. The average molecular weight is 273 g/mol. The van der Waals surface area contributed by atoms with Crippen LogP contribution in [0.5, 0.6) is 5.75 Å². The Balaban J connectivity index is 2.48. The predicted octanol–water partition coefficient (Wildman–Crippen LogP) is 2.63. The van der Waals surface area contributed by atoms with Gasteiger partial charge >= 0.3 is 0 Å². The van der Waals surface area contributed by atoms with E-state index in [1.807, 2.05) is 0 Å². The van der Waals surface area contributed by atoms with Crippen molar-refractivity contribution < 1.29 is 18.7 Å². The molecule has 5 heteroatoms. The number of nitrogens with one attached hydrogen (secondary N) is 1. The van der Waals surface area contributed by atoms with Gasteiger partial charge in [0.05, 0.1) is 11.3 Å². The summed E-state index contributed by atoms with van der Waals surface area (Å²) in [5, 5.41) is 2.84. The van der Waals surface area contributed by atoms with Gasteiger partial charge in [-0.2, -0.15) is 0 Å². The molecular formula is C15H12FNO3. The second-order valence-corrected chi connectivity index (χ2v) is 3.98. The maximum absolute atomic E-state index is 12.9. The zero-order valence-electron chi connectivity index (χ0n) is 10.7. The molecule has 0 saturated heterocycles. The van der Waals surface area contributed by atoms with E-state index < -0.39 is 5.82 Å². The minimum absolute atomic E-state index is 0.152. The number of rotatable bonds is 5. The molecule has 2 aromatic rings. The van der Waals surface area contributed by atoms with Crippen LogP contribution >= 0.6 is 0 Å². The van der Waals surface area contributed by atoms with Crippen LogP contribution in [-0.2, 0) is 4.79 Å². The Kier molecular flexibility index (Phi) is 4.10. The van der Waals surface area contributed by atoms with E-state index >= 15 is 0 Å². The molecule has 0 heterocycles. The Labute approximate surface area is 115 Å². The molecule has 0 aliphatic carbocycles. The van der Waals surface area contributed by atoms with E-state index in [1.54, 1.807) is 25.2 Å². The van der Waals surface area contributed by atoms with Crippen molar-refractivity contribution in [3.05, 3.63) is 59.4 Å². The highest BCUT2D eigenvalue weighted by Crippen LogP contribution is 2.30. The van der Waals surface area contributed by atoms with Crippen LogP contribution in [0.1, 0.15) is 15.9 Å². The SMILES string of the molecule is CNc1cccc(C(=O)c2ccc(F)cc2)c1OC=O. The van der Waals surface area contributed by atoms with E-state index in [0.717, 1.165) is 0 Å². The van der Waals surface area contributed by atoms with Crippen molar-refractivity contribution in [2.75, 3.05) is 12.4 Å². The van der Waals surface area contributed by atoms with E-state index in [0.29, 0.717) is 11.3 Å². The first-order chi connectivity index (χ1) is 9.67. The lowest BCUT2D eigenvalue weighted by Crippen LogP contribution is -2.07.